The van der Waals surface area contributed by atoms with Crippen molar-refractivity contribution in [1.29, 1.82) is 0 Å². The van der Waals surface area contributed by atoms with E-state index < -0.39 is 0 Å². The van der Waals surface area contributed by atoms with E-state index in [9.17, 15) is 4.79 Å². The lowest BCUT2D eigenvalue weighted by Crippen LogP contribution is -2.14. The molecule has 162 valence electrons. The van der Waals surface area contributed by atoms with Crippen LogP contribution < -0.4 is 10.1 Å². The molecule has 3 aromatic carbocycles. The smallest absolute Gasteiger partial charge is 0.234 e. The van der Waals surface area contributed by atoms with Gasteiger partial charge in [-0.2, -0.15) is 0 Å². The molecule has 0 bridgehead atoms. The molecule has 1 N–H and O–H groups in total. The van der Waals surface area contributed by atoms with Gasteiger partial charge in [0.2, 0.25) is 5.91 Å². The number of amides is 1. The fraction of sp³-hybridized carbons (Fsp3) is 0.160. The van der Waals surface area contributed by atoms with Gasteiger partial charge in [0.25, 0.3) is 0 Å². The summed E-state index contributed by atoms with van der Waals surface area (Å²) in [6.07, 6.45) is 0. The standard InChI is InChI=1S/C25H24N4O2S/c1-18-10-9-11-19(2)24(18)31-16-22-27-28-25(29(22)21-14-7-4-8-15-21)32-17-23(30)26-20-12-5-3-6-13-20/h3-15H,16-17H2,1-2H3,(H,26,30). The number of hydrogen-bond acceptors (Lipinski definition) is 5. The number of carbonyl (C=O) groups is 1. The van der Waals surface area contributed by atoms with Crippen LogP contribution in [0.4, 0.5) is 5.69 Å². The molecule has 1 aromatic heterocycles. The Morgan fingerprint density at radius 3 is 2.25 bits per heavy atom. The number of rotatable bonds is 8. The molecule has 0 radical (unpaired) electrons. The highest BCUT2D eigenvalue weighted by Crippen LogP contribution is 2.26. The van der Waals surface area contributed by atoms with E-state index in [2.05, 4.69) is 15.5 Å². The van der Waals surface area contributed by atoms with Crippen molar-refractivity contribution in [2.75, 3.05) is 11.1 Å². The molecule has 0 saturated carbocycles. The Morgan fingerprint density at radius 1 is 0.906 bits per heavy atom. The monoisotopic (exact) mass is 444 g/mol. The van der Waals surface area contributed by atoms with Gasteiger partial charge in [-0.3, -0.25) is 9.36 Å². The Labute approximate surface area is 191 Å². The number of ether oxygens (including phenoxy) is 1. The van der Waals surface area contributed by atoms with Crippen molar-refractivity contribution in [3.63, 3.8) is 0 Å². The van der Waals surface area contributed by atoms with Crippen LogP contribution in [0.15, 0.2) is 84.0 Å². The largest absolute Gasteiger partial charge is 0.485 e. The average Bonchev–Trinajstić information content (AvgIpc) is 3.21. The third-order valence-electron chi connectivity index (χ3n) is 4.86. The Hall–Kier alpha value is -3.58. The van der Waals surface area contributed by atoms with Gasteiger partial charge in [0.15, 0.2) is 11.0 Å². The number of anilines is 1. The highest BCUT2D eigenvalue weighted by molar-refractivity contribution is 7.99. The number of aromatic nitrogens is 3. The fourth-order valence-electron chi connectivity index (χ4n) is 3.34. The van der Waals surface area contributed by atoms with Crippen molar-refractivity contribution in [2.24, 2.45) is 0 Å². The van der Waals surface area contributed by atoms with Crippen LogP contribution in [-0.2, 0) is 11.4 Å². The highest BCUT2D eigenvalue weighted by Gasteiger charge is 2.17. The number of aryl methyl sites for hydroxylation is 2. The normalized spacial score (nSPS) is 10.7. The van der Waals surface area contributed by atoms with Gasteiger partial charge < -0.3 is 10.1 Å². The topological polar surface area (TPSA) is 69.0 Å². The third kappa shape index (κ3) is 5.18. The van der Waals surface area contributed by atoms with E-state index in [0.29, 0.717) is 11.0 Å². The summed E-state index contributed by atoms with van der Waals surface area (Å²) in [5.41, 5.74) is 3.83. The molecular weight excluding hydrogens is 420 g/mol. The molecule has 0 saturated heterocycles. The van der Waals surface area contributed by atoms with E-state index in [1.807, 2.05) is 97.3 Å². The molecule has 0 fully saturated rings. The molecule has 0 aliphatic heterocycles. The number of para-hydroxylation sites is 3. The molecule has 0 aliphatic carbocycles. The zero-order valence-electron chi connectivity index (χ0n) is 18.0. The van der Waals surface area contributed by atoms with Gasteiger partial charge in [-0.1, -0.05) is 66.4 Å². The number of benzene rings is 3. The zero-order chi connectivity index (χ0) is 22.3. The summed E-state index contributed by atoms with van der Waals surface area (Å²) >= 11 is 1.34. The second-order valence-corrected chi connectivity index (χ2v) is 8.22. The first kappa shape index (κ1) is 21.6. The number of nitrogens with zero attached hydrogens (tertiary/aromatic N) is 3. The molecule has 1 amide bonds. The lowest BCUT2D eigenvalue weighted by molar-refractivity contribution is -0.113. The van der Waals surface area contributed by atoms with E-state index in [-0.39, 0.29) is 18.3 Å². The number of hydrogen-bond donors (Lipinski definition) is 1. The molecule has 0 atom stereocenters. The fourth-order valence-corrected chi connectivity index (χ4v) is 4.11. The van der Waals surface area contributed by atoms with Gasteiger partial charge in [0, 0.05) is 11.4 Å². The molecular formula is C25H24N4O2S. The third-order valence-corrected chi connectivity index (χ3v) is 5.79. The lowest BCUT2D eigenvalue weighted by atomic mass is 10.1. The number of carbonyl (C=O) groups excluding carboxylic acids is 1. The van der Waals surface area contributed by atoms with Crippen molar-refractivity contribution >= 4 is 23.4 Å². The lowest BCUT2D eigenvalue weighted by Gasteiger charge is -2.13. The molecule has 0 unspecified atom stereocenters. The maximum Gasteiger partial charge on any atom is 0.234 e. The molecule has 7 heteroatoms. The SMILES string of the molecule is Cc1cccc(C)c1OCc1nnc(SCC(=O)Nc2ccccc2)n1-c1ccccc1. The van der Waals surface area contributed by atoms with Crippen LogP contribution in [0.25, 0.3) is 5.69 Å². The van der Waals surface area contributed by atoms with Crippen molar-refractivity contribution in [2.45, 2.75) is 25.6 Å². The molecule has 1 heterocycles. The van der Waals surface area contributed by atoms with Gasteiger partial charge in [0.05, 0.1) is 5.75 Å². The molecule has 4 aromatic rings. The molecule has 6 nitrogen and oxygen atoms in total. The van der Waals surface area contributed by atoms with E-state index >= 15 is 0 Å². The van der Waals surface area contributed by atoms with Gasteiger partial charge in [-0.25, -0.2) is 0 Å². The second kappa shape index (κ2) is 10.2. The maximum absolute atomic E-state index is 12.4. The van der Waals surface area contributed by atoms with Crippen LogP contribution in [0.2, 0.25) is 0 Å². The first-order chi connectivity index (χ1) is 15.6. The first-order valence-electron chi connectivity index (χ1n) is 10.3. The summed E-state index contributed by atoms with van der Waals surface area (Å²) in [5.74, 6) is 1.64. The van der Waals surface area contributed by atoms with Crippen LogP contribution in [0, 0.1) is 13.8 Å². The minimum atomic E-state index is -0.0999. The average molecular weight is 445 g/mol. The minimum absolute atomic E-state index is 0.0999. The predicted molar refractivity (Wildman–Crippen MR) is 127 cm³/mol. The highest BCUT2D eigenvalue weighted by atomic mass is 32.2. The van der Waals surface area contributed by atoms with Gasteiger partial charge in [-0.05, 0) is 49.2 Å². The minimum Gasteiger partial charge on any atom is -0.485 e. The van der Waals surface area contributed by atoms with Crippen LogP contribution >= 0.6 is 11.8 Å². The van der Waals surface area contributed by atoms with Crippen LogP contribution in [0.3, 0.4) is 0 Å². The van der Waals surface area contributed by atoms with E-state index in [1.54, 1.807) is 0 Å². The van der Waals surface area contributed by atoms with Crippen molar-refractivity contribution in [1.82, 2.24) is 14.8 Å². The van der Waals surface area contributed by atoms with Gasteiger partial charge >= 0.3 is 0 Å². The van der Waals surface area contributed by atoms with E-state index in [0.717, 1.165) is 28.3 Å². The van der Waals surface area contributed by atoms with E-state index in [4.69, 9.17) is 4.74 Å². The molecule has 32 heavy (non-hydrogen) atoms. The van der Waals surface area contributed by atoms with Crippen molar-refractivity contribution in [3.05, 3.63) is 95.8 Å². The molecule has 0 aliphatic rings. The maximum atomic E-state index is 12.4. The summed E-state index contributed by atoms with van der Waals surface area (Å²) < 4.78 is 8.06. The zero-order valence-corrected chi connectivity index (χ0v) is 18.8. The summed E-state index contributed by atoms with van der Waals surface area (Å²) in [6, 6.07) is 25.3. The molecule has 0 spiro atoms. The van der Waals surface area contributed by atoms with Gasteiger partial charge in [-0.15, -0.1) is 10.2 Å². The summed E-state index contributed by atoms with van der Waals surface area (Å²) in [5, 5.41) is 12.2. The Morgan fingerprint density at radius 2 is 1.56 bits per heavy atom. The second-order valence-electron chi connectivity index (χ2n) is 7.28. The predicted octanol–water partition coefficient (Wildman–Crippen LogP) is 5.19. The Bertz CT molecular complexity index is 1170. The summed E-state index contributed by atoms with van der Waals surface area (Å²) in [6.45, 7) is 4.32. The Kier molecular flexibility index (Phi) is 6.87. The van der Waals surface area contributed by atoms with E-state index in [1.165, 1.54) is 11.8 Å². The first-order valence-corrected chi connectivity index (χ1v) is 11.3. The van der Waals surface area contributed by atoms with Crippen molar-refractivity contribution in [3.8, 4) is 11.4 Å². The van der Waals surface area contributed by atoms with Crippen molar-refractivity contribution < 1.29 is 9.53 Å². The summed E-state index contributed by atoms with van der Waals surface area (Å²) in [7, 11) is 0. The van der Waals surface area contributed by atoms with Crippen LogP contribution in [0.5, 0.6) is 5.75 Å². The van der Waals surface area contributed by atoms with Crippen LogP contribution in [0.1, 0.15) is 17.0 Å². The summed E-state index contributed by atoms with van der Waals surface area (Å²) in [4.78, 5) is 12.4. The number of thioether (sulfide) groups is 1. The van der Waals surface area contributed by atoms with Gasteiger partial charge in [0.1, 0.15) is 12.4 Å². The molecule has 4 rings (SSSR count). The quantitative estimate of drug-likeness (QED) is 0.379. The van der Waals surface area contributed by atoms with Crippen LogP contribution in [-0.4, -0.2) is 26.4 Å². The Balaban J connectivity index is 1.52. The number of nitrogens with one attached hydrogen (secondary N) is 1.